The van der Waals surface area contributed by atoms with E-state index in [0.29, 0.717) is 5.82 Å². The number of nitrogens with one attached hydrogen (secondary N) is 2. The van der Waals surface area contributed by atoms with Gasteiger partial charge in [-0.1, -0.05) is 0 Å². The average Bonchev–Trinajstić information content (AvgIpc) is 2.93. The molecular formula is C8H10N6O4. The molecule has 10 nitrogen and oxygen atoms in total. The van der Waals surface area contributed by atoms with Crippen molar-refractivity contribution < 1.29 is 16.7 Å². The maximum atomic E-state index is 10.3. The van der Waals surface area contributed by atoms with Gasteiger partial charge >= 0.3 is 13.0 Å². The first-order valence-electron chi connectivity index (χ1n) is 6.79. The zero-order chi connectivity index (χ0) is 17.9. The summed E-state index contributed by atoms with van der Waals surface area (Å²) in [7, 11) is 0. The molecule has 0 saturated carbocycles. The molecule has 0 amide bonds. The molecule has 0 aromatic carbocycles. The molecule has 10 heteroatoms. The van der Waals surface area contributed by atoms with Crippen LogP contribution in [0.2, 0.25) is 1.41 Å². The Kier molecular flexibility index (Phi) is 2.31. The molecule has 0 saturated heterocycles. The monoisotopic (exact) mass is 259 g/mol. The second kappa shape index (κ2) is 5.52. The van der Waals surface area contributed by atoms with Crippen molar-refractivity contribution in [2.45, 2.75) is 13.8 Å². The largest absolute Gasteiger partial charge is 0.358 e. The Morgan fingerprint density at radius 1 is 1.33 bits per heavy atom. The Labute approximate surface area is 107 Å². The minimum absolute atomic E-state index is 0.0509. The third-order valence-electron chi connectivity index (χ3n) is 1.53. The van der Waals surface area contributed by atoms with E-state index >= 15 is 0 Å². The molecule has 0 bridgehead atoms. The molecule has 2 rings (SSSR count). The standard InChI is InChI=1S/2C4H5N3O2/c2*1-3-5-2-4(6-3)7(8)9/h2*2H,1H3,(H,5,6)/i1D3,2D;/hD. The van der Waals surface area contributed by atoms with Crippen molar-refractivity contribution in [3.63, 3.8) is 0 Å². The van der Waals surface area contributed by atoms with Gasteiger partial charge in [0.15, 0.2) is 11.6 Å². The molecule has 2 N–H and O–H groups in total. The summed E-state index contributed by atoms with van der Waals surface area (Å²) in [5, 5.41) is 20.3. The lowest BCUT2D eigenvalue weighted by Gasteiger charge is -1.83. The van der Waals surface area contributed by atoms with Crippen molar-refractivity contribution >= 4 is 11.6 Å². The minimum atomic E-state index is -2.73. The molecule has 0 radical (unpaired) electrons. The van der Waals surface area contributed by atoms with Crippen LogP contribution in [-0.4, -0.2) is 29.8 Å². The first-order chi connectivity index (χ1) is 10.4. The number of nitro groups is 2. The fraction of sp³-hybridized carbons (Fsp3) is 0.250. The third kappa shape index (κ3) is 3.66. The van der Waals surface area contributed by atoms with Gasteiger partial charge in [0.05, 0.1) is 1.37 Å². The summed E-state index contributed by atoms with van der Waals surface area (Å²) in [5.41, 5.74) is 0. The first-order valence-corrected chi connectivity index (χ1v) is 4.34. The van der Waals surface area contributed by atoms with Crippen LogP contribution in [0.1, 0.15) is 17.1 Å². The van der Waals surface area contributed by atoms with E-state index < -0.39 is 34.5 Å². The minimum Gasteiger partial charge on any atom is -0.358 e. The SMILES string of the molecule is Cc1ncc([N+](=O)[O-])[nH]1.[2H]c1nc(C([2H])([2H])[2H])n([2H])c1[N+](=O)[O-]. The molecule has 2 aromatic heterocycles. The van der Waals surface area contributed by atoms with E-state index in [9.17, 15) is 20.2 Å². The molecule has 18 heavy (non-hydrogen) atoms. The molecule has 0 fully saturated rings. The quantitative estimate of drug-likeness (QED) is 0.613. The second-order valence-corrected chi connectivity index (χ2v) is 2.85. The molecule has 2 aromatic rings. The summed E-state index contributed by atoms with van der Waals surface area (Å²) in [6.07, 6.45) is 0.367. The van der Waals surface area contributed by atoms with E-state index in [4.69, 9.17) is 6.89 Å². The summed E-state index contributed by atoms with van der Waals surface area (Å²) < 4.78 is 34.8. The van der Waals surface area contributed by atoms with Gasteiger partial charge in [-0.2, -0.15) is 0 Å². The van der Waals surface area contributed by atoms with Crippen LogP contribution in [0.15, 0.2) is 12.4 Å². The van der Waals surface area contributed by atoms with Crippen LogP contribution in [-0.2, 0) is 0 Å². The molecule has 0 spiro atoms. The predicted molar refractivity (Wildman–Crippen MR) is 60.0 cm³/mol. The van der Waals surface area contributed by atoms with Gasteiger partial charge in [0.2, 0.25) is 0 Å². The highest BCUT2D eigenvalue weighted by molar-refractivity contribution is 5.14. The number of aryl methyl sites for hydroxylation is 2. The Balaban J connectivity index is 0.000000253. The van der Waals surface area contributed by atoms with Crippen LogP contribution in [0, 0.1) is 34.0 Å². The number of rotatable bonds is 2. The number of imidazole rings is 2. The zero-order valence-corrected chi connectivity index (χ0v) is 8.95. The summed E-state index contributed by atoms with van der Waals surface area (Å²) in [6, 6.07) is 0. The number of H-pyrrole nitrogens is 2. The van der Waals surface area contributed by atoms with Crippen molar-refractivity contribution in [1.29, 1.82) is 0 Å². The lowest BCUT2D eigenvalue weighted by Crippen LogP contribution is -1.86. The van der Waals surface area contributed by atoms with Crippen molar-refractivity contribution in [1.82, 2.24) is 19.9 Å². The van der Waals surface area contributed by atoms with Gasteiger partial charge in [-0.15, -0.1) is 0 Å². The zero-order valence-electron chi connectivity index (χ0n) is 13.9. The normalized spacial score (nSPS) is 14.2. The second-order valence-electron chi connectivity index (χ2n) is 2.85. The summed E-state index contributed by atoms with van der Waals surface area (Å²) >= 11 is 0. The molecule has 96 valence electrons. The van der Waals surface area contributed by atoms with Crippen LogP contribution in [0.5, 0.6) is 0 Å². The Morgan fingerprint density at radius 3 is 2.28 bits per heavy atom. The molecular weight excluding hydrogens is 244 g/mol. The number of hydrogen-bond acceptors (Lipinski definition) is 6. The molecule has 0 unspecified atom stereocenters. The molecule has 2 heterocycles. The maximum Gasteiger partial charge on any atom is 0.340 e. The van der Waals surface area contributed by atoms with Crippen LogP contribution < -0.4 is 0 Å². The number of aromatic amines is 2. The molecule has 0 aliphatic heterocycles. The fourth-order valence-corrected chi connectivity index (χ4v) is 0.836. The lowest BCUT2D eigenvalue weighted by atomic mass is 10.7. The maximum absolute atomic E-state index is 10.3. The number of nitrogens with zero attached hydrogens (tertiary/aromatic N) is 4. The summed E-state index contributed by atoms with van der Waals surface area (Å²) in [4.78, 5) is 28.0. The van der Waals surface area contributed by atoms with Gasteiger partial charge in [-0.05, 0) is 9.85 Å². The van der Waals surface area contributed by atoms with E-state index in [-0.39, 0.29) is 10.8 Å². The smallest absolute Gasteiger partial charge is 0.340 e. The van der Waals surface area contributed by atoms with Gasteiger partial charge in [0, 0.05) is 17.9 Å². The Hall–Kier alpha value is -2.78. The lowest BCUT2D eigenvalue weighted by molar-refractivity contribution is -0.389. The van der Waals surface area contributed by atoms with Crippen LogP contribution >= 0.6 is 0 Å². The molecule has 0 aliphatic carbocycles. The van der Waals surface area contributed by atoms with Crippen molar-refractivity contribution in [2.75, 3.05) is 0 Å². The first kappa shape index (κ1) is 7.53. The van der Waals surface area contributed by atoms with E-state index in [1.807, 2.05) is 0 Å². The van der Waals surface area contributed by atoms with Gasteiger partial charge in [0.25, 0.3) is 0 Å². The van der Waals surface area contributed by atoms with E-state index in [1.54, 1.807) is 6.92 Å². The van der Waals surface area contributed by atoms with Gasteiger partial charge in [-0.3, -0.25) is 0 Å². The highest BCUT2D eigenvalue weighted by atomic mass is 16.6. The number of aromatic nitrogens is 4. The van der Waals surface area contributed by atoms with Gasteiger partial charge in [0.1, 0.15) is 12.4 Å². The average molecular weight is 259 g/mol. The van der Waals surface area contributed by atoms with E-state index in [2.05, 4.69) is 15.0 Å². The van der Waals surface area contributed by atoms with Crippen LogP contribution in [0.3, 0.4) is 0 Å². The van der Waals surface area contributed by atoms with Crippen molar-refractivity contribution in [3.8, 4) is 0 Å². The van der Waals surface area contributed by atoms with Crippen LogP contribution in [0.4, 0.5) is 11.6 Å². The Morgan fingerprint density at radius 2 is 2.00 bits per heavy atom. The van der Waals surface area contributed by atoms with Crippen molar-refractivity contribution in [2.24, 2.45) is 0 Å². The topological polar surface area (TPSA) is 144 Å². The highest BCUT2D eigenvalue weighted by Crippen LogP contribution is 2.04. The number of hydrogen-bond donors (Lipinski definition) is 2. The van der Waals surface area contributed by atoms with Gasteiger partial charge < -0.3 is 20.2 Å². The van der Waals surface area contributed by atoms with E-state index in [1.165, 1.54) is 6.20 Å². The van der Waals surface area contributed by atoms with Gasteiger partial charge in [-0.25, -0.2) is 19.9 Å². The predicted octanol–water partition coefficient (Wildman–Crippen LogP) is 1.25. The van der Waals surface area contributed by atoms with E-state index in [0.717, 1.165) is 0 Å². The summed E-state index contributed by atoms with van der Waals surface area (Å²) in [6.45, 7) is -1.07. The highest BCUT2D eigenvalue weighted by Gasteiger charge is 2.04. The Bertz CT molecular complexity index is 738. The van der Waals surface area contributed by atoms with Crippen molar-refractivity contribution in [3.05, 3.63) is 44.2 Å². The van der Waals surface area contributed by atoms with Crippen LogP contribution in [0.25, 0.3) is 0 Å². The fourth-order valence-electron chi connectivity index (χ4n) is 0.836. The third-order valence-corrected chi connectivity index (χ3v) is 1.53. The molecule has 0 aliphatic rings. The molecule has 0 atom stereocenters. The summed E-state index contributed by atoms with van der Waals surface area (Å²) in [5.74, 6) is -1.24.